The molecule has 1 aromatic heterocycles. The van der Waals surface area contributed by atoms with Crippen molar-refractivity contribution in [3.05, 3.63) is 11.9 Å². The molecule has 2 heterocycles. The maximum absolute atomic E-state index is 9.59. The Bertz CT molecular complexity index is 401. The van der Waals surface area contributed by atoms with Crippen LogP contribution in [0, 0.1) is 12.8 Å². The molecule has 1 saturated heterocycles. The lowest BCUT2D eigenvalue weighted by molar-refractivity contribution is 0.110. The van der Waals surface area contributed by atoms with E-state index < -0.39 is 0 Å². The van der Waals surface area contributed by atoms with Crippen molar-refractivity contribution >= 4 is 11.6 Å². The highest BCUT2D eigenvalue weighted by molar-refractivity contribution is 5.49. The van der Waals surface area contributed by atoms with Gasteiger partial charge in [0.05, 0.1) is 6.10 Å². The summed E-state index contributed by atoms with van der Waals surface area (Å²) in [5.74, 6) is 8.03. The number of hydrazine groups is 1. The molecule has 0 aliphatic carbocycles. The second-order valence-corrected chi connectivity index (χ2v) is 4.87. The standard InChI is InChI=1S/C12H21N5O/c1-8(18)10-3-5-17(6-4-10)12-7-11(16-13)14-9(2)15-12/h7-8,10,18H,3-6,13H2,1-2H3,(H,14,15,16). The van der Waals surface area contributed by atoms with Crippen molar-refractivity contribution in [1.29, 1.82) is 0 Å². The summed E-state index contributed by atoms with van der Waals surface area (Å²) in [7, 11) is 0. The van der Waals surface area contributed by atoms with Gasteiger partial charge in [-0.1, -0.05) is 0 Å². The van der Waals surface area contributed by atoms with Gasteiger partial charge in [0.25, 0.3) is 0 Å². The first-order valence-corrected chi connectivity index (χ1v) is 6.35. The fourth-order valence-corrected chi connectivity index (χ4v) is 2.40. The summed E-state index contributed by atoms with van der Waals surface area (Å²) >= 11 is 0. The van der Waals surface area contributed by atoms with Gasteiger partial charge in [-0.2, -0.15) is 0 Å². The lowest BCUT2D eigenvalue weighted by atomic mass is 9.92. The van der Waals surface area contributed by atoms with E-state index in [1.165, 1.54) is 0 Å². The topological polar surface area (TPSA) is 87.3 Å². The van der Waals surface area contributed by atoms with Crippen LogP contribution in [0.25, 0.3) is 0 Å². The van der Waals surface area contributed by atoms with E-state index in [0.29, 0.717) is 17.6 Å². The number of aromatic nitrogens is 2. The lowest BCUT2D eigenvalue weighted by Gasteiger charge is -2.34. The highest BCUT2D eigenvalue weighted by Crippen LogP contribution is 2.25. The molecule has 18 heavy (non-hydrogen) atoms. The van der Waals surface area contributed by atoms with Crippen molar-refractivity contribution in [2.24, 2.45) is 11.8 Å². The van der Waals surface area contributed by atoms with Crippen LogP contribution in [0.15, 0.2) is 6.07 Å². The van der Waals surface area contributed by atoms with E-state index in [1.807, 2.05) is 19.9 Å². The molecule has 0 saturated carbocycles. The third-order valence-electron chi connectivity index (χ3n) is 3.52. The number of hydrogen-bond donors (Lipinski definition) is 3. The summed E-state index contributed by atoms with van der Waals surface area (Å²) in [6.45, 7) is 5.55. The van der Waals surface area contributed by atoms with Crippen LogP contribution in [0.5, 0.6) is 0 Å². The summed E-state index contributed by atoms with van der Waals surface area (Å²) in [5, 5.41) is 9.59. The molecule has 1 aliphatic heterocycles. The molecule has 1 aromatic rings. The van der Waals surface area contributed by atoms with Gasteiger partial charge >= 0.3 is 0 Å². The molecule has 6 nitrogen and oxygen atoms in total. The van der Waals surface area contributed by atoms with Crippen LogP contribution in [0.4, 0.5) is 11.6 Å². The first-order chi connectivity index (χ1) is 8.60. The lowest BCUT2D eigenvalue weighted by Crippen LogP contribution is -2.37. The highest BCUT2D eigenvalue weighted by Gasteiger charge is 2.23. The number of piperidine rings is 1. The first-order valence-electron chi connectivity index (χ1n) is 6.35. The molecule has 0 amide bonds. The van der Waals surface area contributed by atoms with Gasteiger partial charge in [0.2, 0.25) is 0 Å². The number of aliphatic hydroxyl groups excluding tert-OH is 1. The van der Waals surface area contributed by atoms with Gasteiger partial charge in [-0.25, -0.2) is 15.8 Å². The van der Waals surface area contributed by atoms with Gasteiger partial charge in [-0.3, -0.25) is 0 Å². The Kier molecular flexibility index (Phi) is 3.98. The summed E-state index contributed by atoms with van der Waals surface area (Å²) < 4.78 is 0. The van der Waals surface area contributed by atoms with Crippen LogP contribution in [0.3, 0.4) is 0 Å². The molecule has 2 rings (SSSR count). The molecular formula is C12H21N5O. The molecule has 100 valence electrons. The molecule has 1 fully saturated rings. The number of rotatable bonds is 3. The summed E-state index contributed by atoms with van der Waals surface area (Å²) in [5.41, 5.74) is 2.56. The smallest absolute Gasteiger partial charge is 0.145 e. The van der Waals surface area contributed by atoms with Crippen LogP contribution < -0.4 is 16.2 Å². The quantitative estimate of drug-likeness (QED) is 0.540. The summed E-state index contributed by atoms with van der Waals surface area (Å²) in [6, 6.07) is 1.86. The number of aryl methyl sites for hydroxylation is 1. The Hall–Kier alpha value is -1.40. The zero-order valence-electron chi connectivity index (χ0n) is 10.9. The Morgan fingerprint density at radius 2 is 2.11 bits per heavy atom. The number of anilines is 2. The Balaban J connectivity index is 2.07. The average molecular weight is 251 g/mol. The van der Waals surface area contributed by atoms with Crippen LogP contribution in [0.2, 0.25) is 0 Å². The Labute approximate surface area is 107 Å². The molecule has 4 N–H and O–H groups in total. The summed E-state index contributed by atoms with van der Waals surface area (Å²) in [4.78, 5) is 10.8. The molecule has 0 radical (unpaired) electrons. The second kappa shape index (κ2) is 5.49. The Morgan fingerprint density at radius 1 is 1.44 bits per heavy atom. The van der Waals surface area contributed by atoms with Crippen LogP contribution in [0.1, 0.15) is 25.6 Å². The first kappa shape index (κ1) is 13.0. The van der Waals surface area contributed by atoms with Crippen molar-refractivity contribution < 1.29 is 5.11 Å². The number of nitrogens with two attached hydrogens (primary N) is 1. The zero-order chi connectivity index (χ0) is 13.1. The second-order valence-electron chi connectivity index (χ2n) is 4.87. The van der Waals surface area contributed by atoms with E-state index >= 15 is 0 Å². The predicted molar refractivity (Wildman–Crippen MR) is 71.2 cm³/mol. The third-order valence-corrected chi connectivity index (χ3v) is 3.52. The maximum Gasteiger partial charge on any atom is 0.145 e. The van der Waals surface area contributed by atoms with Crippen LogP contribution in [-0.4, -0.2) is 34.3 Å². The number of aliphatic hydroxyl groups is 1. The largest absolute Gasteiger partial charge is 0.393 e. The molecule has 1 unspecified atom stereocenters. The predicted octanol–water partition coefficient (Wildman–Crippen LogP) is 0.668. The van der Waals surface area contributed by atoms with Crippen molar-refractivity contribution in [3.63, 3.8) is 0 Å². The molecule has 6 heteroatoms. The van der Waals surface area contributed by atoms with Gasteiger partial charge in [-0.15, -0.1) is 0 Å². The van der Waals surface area contributed by atoms with Crippen molar-refractivity contribution in [2.75, 3.05) is 23.4 Å². The number of nitrogens with one attached hydrogen (secondary N) is 1. The number of hydrogen-bond acceptors (Lipinski definition) is 6. The molecular weight excluding hydrogens is 230 g/mol. The van der Waals surface area contributed by atoms with E-state index in [1.54, 1.807) is 0 Å². The van der Waals surface area contributed by atoms with Crippen molar-refractivity contribution in [1.82, 2.24) is 9.97 Å². The number of nitrogens with zero attached hydrogens (tertiary/aromatic N) is 3. The maximum atomic E-state index is 9.59. The fraction of sp³-hybridized carbons (Fsp3) is 0.667. The van der Waals surface area contributed by atoms with E-state index in [4.69, 9.17) is 5.84 Å². The monoisotopic (exact) mass is 251 g/mol. The molecule has 1 aliphatic rings. The normalized spacial score (nSPS) is 18.8. The zero-order valence-corrected chi connectivity index (χ0v) is 10.9. The van der Waals surface area contributed by atoms with Gasteiger partial charge in [0.1, 0.15) is 17.5 Å². The minimum Gasteiger partial charge on any atom is -0.393 e. The van der Waals surface area contributed by atoms with Gasteiger partial charge in [0.15, 0.2) is 0 Å². The molecule has 0 bridgehead atoms. The van der Waals surface area contributed by atoms with Crippen molar-refractivity contribution in [3.8, 4) is 0 Å². The SMILES string of the molecule is Cc1nc(NN)cc(N2CCC(C(C)O)CC2)n1. The average Bonchev–Trinajstić information content (AvgIpc) is 2.38. The molecule has 0 aromatic carbocycles. The van der Waals surface area contributed by atoms with Gasteiger partial charge in [-0.05, 0) is 32.6 Å². The summed E-state index contributed by atoms with van der Waals surface area (Å²) in [6.07, 6.45) is 1.76. The van der Waals surface area contributed by atoms with Gasteiger partial charge in [0, 0.05) is 19.2 Å². The Morgan fingerprint density at radius 3 is 2.67 bits per heavy atom. The minimum atomic E-state index is -0.222. The van der Waals surface area contributed by atoms with E-state index in [0.717, 1.165) is 31.7 Å². The molecule has 0 spiro atoms. The minimum absolute atomic E-state index is 0.222. The van der Waals surface area contributed by atoms with Crippen LogP contribution in [-0.2, 0) is 0 Å². The van der Waals surface area contributed by atoms with Crippen LogP contribution >= 0.6 is 0 Å². The third kappa shape index (κ3) is 2.88. The van der Waals surface area contributed by atoms with E-state index in [9.17, 15) is 5.11 Å². The van der Waals surface area contributed by atoms with E-state index in [-0.39, 0.29) is 6.10 Å². The fourth-order valence-electron chi connectivity index (χ4n) is 2.40. The van der Waals surface area contributed by atoms with Crippen molar-refractivity contribution in [2.45, 2.75) is 32.8 Å². The van der Waals surface area contributed by atoms with E-state index in [2.05, 4.69) is 20.3 Å². The van der Waals surface area contributed by atoms with Gasteiger partial charge < -0.3 is 15.4 Å². The number of nitrogen functional groups attached to an aromatic ring is 1. The highest BCUT2D eigenvalue weighted by atomic mass is 16.3. The molecule has 1 atom stereocenters.